The monoisotopic (exact) mass is 391 g/mol. The average molecular weight is 391 g/mol. The summed E-state index contributed by atoms with van der Waals surface area (Å²) >= 11 is 0. The molecule has 10 heteroatoms. The Morgan fingerprint density at radius 1 is 1.32 bits per heavy atom. The van der Waals surface area contributed by atoms with Gasteiger partial charge in [0.1, 0.15) is 0 Å². The fourth-order valence-corrected chi connectivity index (χ4v) is 2.67. The van der Waals surface area contributed by atoms with Crippen molar-refractivity contribution in [3.8, 4) is 0 Å². The molecule has 0 unspecified atom stereocenters. The average Bonchev–Trinajstić information content (AvgIpc) is 2.67. The zero-order valence-electron chi connectivity index (χ0n) is 16.1. The van der Waals surface area contributed by atoms with E-state index in [0.29, 0.717) is 31.0 Å². The summed E-state index contributed by atoms with van der Waals surface area (Å²) in [6.45, 7) is 7.66. The number of nitrogens with zero attached hydrogens (tertiary/aromatic N) is 3. The lowest BCUT2D eigenvalue weighted by Crippen LogP contribution is -2.41. The van der Waals surface area contributed by atoms with Crippen molar-refractivity contribution in [1.82, 2.24) is 15.6 Å². The molecule has 0 aliphatic carbocycles. The Hall–Kier alpha value is -2.85. The molecule has 1 saturated heterocycles. The summed E-state index contributed by atoms with van der Waals surface area (Å²) in [6.07, 6.45) is 0.0530. The molecule has 1 fully saturated rings. The molecule has 2 rings (SSSR count). The Morgan fingerprint density at radius 2 is 2.04 bits per heavy atom. The van der Waals surface area contributed by atoms with Crippen molar-refractivity contribution in [2.24, 2.45) is 5.10 Å². The number of benzene rings is 1. The van der Waals surface area contributed by atoms with E-state index in [1.807, 2.05) is 0 Å². The molecular weight excluding hydrogens is 366 g/mol. The maximum Gasteiger partial charge on any atom is 0.273 e. The Kier molecular flexibility index (Phi) is 8.02. The molecule has 0 radical (unpaired) electrons. The number of amides is 2. The van der Waals surface area contributed by atoms with Crippen LogP contribution in [0, 0.1) is 17.0 Å². The third kappa shape index (κ3) is 6.71. The highest BCUT2D eigenvalue weighted by Crippen LogP contribution is 2.19. The van der Waals surface area contributed by atoms with Crippen molar-refractivity contribution in [2.75, 3.05) is 39.4 Å². The van der Waals surface area contributed by atoms with Gasteiger partial charge in [0.15, 0.2) is 0 Å². The highest BCUT2D eigenvalue weighted by Gasteiger charge is 2.15. The van der Waals surface area contributed by atoms with Crippen molar-refractivity contribution in [1.29, 1.82) is 0 Å². The van der Waals surface area contributed by atoms with Crippen LogP contribution < -0.4 is 10.7 Å². The molecule has 28 heavy (non-hydrogen) atoms. The minimum absolute atomic E-state index is 0.0530. The number of nitro groups is 1. The molecule has 10 nitrogen and oxygen atoms in total. The van der Waals surface area contributed by atoms with Crippen LogP contribution in [0.25, 0.3) is 0 Å². The van der Waals surface area contributed by atoms with Crippen LogP contribution in [0.1, 0.15) is 29.3 Å². The molecule has 0 aromatic heterocycles. The predicted molar refractivity (Wildman–Crippen MR) is 103 cm³/mol. The number of nitrogens with one attached hydrogen (secondary N) is 2. The van der Waals surface area contributed by atoms with E-state index in [9.17, 15) is 19.7 Å². The van der Waals surface area contributed by atoms with Gasteiger partial charge in [0.2, 0.25) is 5.91 Å². The molecule has 1 aliphatic rings. The molecule has 0 bridgehead atoms. The summed E-state index contributed by atoms with van der Waals surface area (Å²) < 4.78 is 5.27. The van der Waals surface area contributed by atoms with Crippen LogP contribution in [0.4, 0.5) is 5.69 Å². The van der Waals surface area contributed by atoms with Gasteiger partial charge in [-0.3, -0.25) is 24.6 Å². The number of carbonyl (C=O) groups is 2. The van der Waals surface area contributed by atoms with Gasteiger partial charge in [-0.05, 0) is 19.9 Å². The molecule has 1 aromatic carbocycles. The van der Waals surface area contributed by atoms with Crippen LogP contribution in [-0.4, -0.2) is 66.7 Å². The minimum atomic E-state index is -0.574. The van der Waals surface area contributed by atoms with Gasteiger partial charge in [-0.25, -0.2) is 5.43 Å². The second-order valence-corrected chi connectivity index (χ2v) is 6.53. The SMILES string of the molecule is C/C(CC(=O)NCCN1CCOCC1)=N/NC(=O)c1ccc(C)c([N+](=O)[O-])c1. The Balaban J connectivity index is 1.78. The van der Waals surface area contributed by atoms with Crippen molar-refractivity contribution in [2.45, 2.75) is 20.3 Å². The first-order valence-corrected chi connectivity index (χ1v) is 9.02. The number of morpholine rings is 1. The van der Waals surface area contributed by atoms with Crippen molar-refractivity contribution >= 4 is 23.2 Å². The van der Waals surface area contributed by atoms with Crippen LogP contribution in [0.5, 0.6) is 0 Å². The van der Waals surface area contributed by atoms with Gasteiger partial charge >= 0.3 is 0 Å². The fraction of sp³-hybridized carbons (Fsp3) is 0.500. The molecule has 0 saturated carbocycles. The maximum absolute atomic E-state index is 12.1. The zero-order valence-corrected chi connectivity index (χ0v) is 16.1. The summed E-state index contributed by atoms with van der Waals surface area (Å²) in [5.74, 6) is -0.759. The van der Waals surface area contributed by atoms with Crippen LogP contribution >= 0.6 is 0 Å². The third-order valence-electron chi connectivity index (χ3n) is 4.29. The standard InChI is InChI=1S/C18H25N5O5/c1-13-3-4-15(12-16(13)23(26)27)18(25)21-20-14(2)11-17(24)19-5-6-22-7-9-28-10-8-22/h3-4,12H,5-11H2,1-2H3,(H,19,24)(H,21,25)/b20-14-. The lowest BCUT2D eigenvalue weighted by molar-refractivity contribution is -0.385. The number of carbonyl (C=O) groups excluding carboxylic acids is 2. The smallest absolute Gasteiger partial charge is 0.273 e. The van der Waals surface area contributed by atoms with E-state index in [-0.39, 0.29) is 23.6 Å². The van der Waals surface area contributed by atoms with E-state index in [0.717, 1.165) is 19.6 Å². The number of hydrogen-bond acceptors (Lipinski definition) is 7. The van der Waals surface area contributed by atoms with Gasteiger partial charge in [0.05, 0.1) is 24.6 Å². The molecule has 1 heterocycles. The number of nitro benzene ring substituents is 1. The molecule has 1 aromatic rings. The van der Waals surface area contributed by atoms with Crippen molar-refractivity contribution in [3.05, 3.63) is 39.4 Å². The Labute approximate surface area is 163 Å². The number of hydrazone groups is 1. The first-order valence-electron chi connectivity index (χ1n) is 9.02. The lowest BCUT2D eigenvalue weighted by Gasteiger charge is -2.26. The molecular formula is C18H25N5O5. The Bertz CT molecular complexity index is 759. The van der Waals surface area contributed by atoms with E-state index in [1.165, 1.54) is 18.2 Å². The topological polar surface area (TPSA) is 126 Å². The van der Waals surface area contributed by atoms with E-state index < -0.39 is 10.8 Å². The van der Waals surface area contributed by atoms with Gasteiger partial charge in [-0.15, -0.1) is 0 Å². The number of ether oxygens (including phenoxy) is 1. The summed E-state index contributed by atoms with van der Waals surface area (Å²) in [7, 11) is 0. The van der Waals surface area contributed by atoms with E-state index >= 15 is 0 Å². The lowest BCUT2D eigenvalue weighted by atomic mass is 10.1. The van der Waals surface area contributed by atoms with Crippen molar-refractivity contribution in [3.63, 3.8) is 0 Å². The highest BCUT2D eigenvalue weighted by molar-refractivity contribution is 6.01. The molecule has 0 atom stereocenters. The molecule has 152 valence electrons. The van der Waals surface area contributed by atoms with Gasteiger partial charge in [0, 0.05) is 49.1 Å². The van der Waals surface area contributed by atoms with Gasteiger partial charge in [-0.1, -0.05) is 6.07 Å². The van der Waals surface area contributed by atoms with E-state index in [4.69, 9.17) is 4.74 Å². The first-order chi connectivity index (χ1) is 13.4. The normalized spacial score (nSPS) is 15.1. The van der Waals surface area contributed by atoms with Gasteiger partial charge in [0.25, 0.3) is 11.6 Å². The fourth-order valence-electron chi connectivity index (χ4n) is 2.67. The van der Waals surface area contributed by atoms with Crippen molar-refractivity contribution < 1.29 is 19.2 Å². The zero-order chi connectivity index (χ0) is 20.5. The van der Waals surface area contributed by atoms with E-state index in [2.05, 4.69) is 20.7 Å². The largest absolute Gasteiger partial charge is 0.379 e. The molecule has 2 amide bonds. The first kappa shape index (κ1) is 21.5. The van der Waals surface area contributed by atoms with Crippen LogP contribution in [0.2, 0.25) is 0 Å². The predicted octanol–water partition coefficient (Wildman–Crippen LogP) is 0.847. The summed E-state index contributed by atoms with van der Waals surface area (Å²) in [5.41, 5.74) is 3.22. The maximum atomic E-state index is 12.1. The number of hydrogen-bond donors (Lipinski definition) is 2. The molecule has 1 aliphatic heterocycles. The number of aryl methyl sites for hydroxylation is 1. The van der Waals surface area contributed by atoms with E-state index in [1.54, 1.807) is 13.8 Å². The Morgan fingerprint density at radius 3 is 2.71 bits per heavy atom. The van der Waals surface area contributed by atoms with Gasteiger partial charge < -0.3 is 10.1 Å². The minimum Gasteiger partial charge on any atom is -0.379 e. The second kappa shape index (κ2) is 10.5. The quantitative estimate of drug-likeness (QED) is 0.384. The van der Waals surface area contributed by atoms with Crippen LogP contribution in [0.15, 0.2) is 23.3 Å². The highest BCUT2D eigenvalue weighted by atomic mass is 16.6. The third-order valence-corrected chi connectivity index (χ3v) is 4.29. The second-order valence-electron chi connectivity index (χ2n) is 6.53. The summed E-state index contributed by atoms with van der Waals surface area (Å²) in [4.78, 5) is 36.7. The summed E-state index contributed by atoms with van der Waals surface area (Å²) in [5, 5.41) is 17.7. The molecule has 2 N–H and O–H groups in total. The van der Waals surface area contributed by atoms with Crippen LogP contribution in [-0.2, 0) is 9.53 Å². The number of rotatable bonds is 8. The van der Waals surface area contributed by atoms with Gasteiger partial charge in [-0.2, -0.15) is 5.10 Å². The van der Waals surface area contributed by atoms with Crippen LogP contribution in [0.3, 0.4) is 0 Å². The molecule has 0 spiro atoms. The summed E-state index contributed by atoms with van der Waals surface area (Å²) in [6, 6.07) is 4.19.